The zero-order chi connectivity index (χ0) is 19.0. The quantitative estimate of drug-likeness (QED) is 0.645. The van der Waals surface area contributed by atoms with Gasteiger partial charge in [0.15, 0.2) is 0 Å². The number of nitrogens with zero attached hydrogens (tertiary/aromatic N) is 1. The first-order valence-electron chi connectivity index (χ1n) is 8.03. The molecule has 0 saturated carbocycles. The van der Waals surface area contributed by atoms with Crippen LogP contribution in [0.25, 0.3) is 6.08 Å². The van der Waals surface area contributed by atoms with Crippen LogP contribution in [0.1, 0.15) is 22.3 Å². The van der Waals surface area contributed by atoms with E-state index in [2.05, 4.69) is 5.32 Å². The van der Waals surface area contributed by atoms with E-state index in [1.165, 1.54) is 6.08 Å². The van der Waals surface area contributed by atoms with Crippen LogP contribution in [0.5, 0.6) is 0 Å². The molecule has 0 radical (unpaired) electrons. The highest BCUT2D eigenvalue weighted by Crippen LogP contribution is 2.30. The van der Waals surface area contributed by atoms with E-state index in [1.807, 2.05) is 32.9 Å². The van der Waals surface area contributed by atoms with Crippen molar-refractivity contribution in [2.45, 2.75) is 20.8 Å². The number of urea groups is 1. The molecule has 0 aliphatic carbocycles. The van der Waals surface area contributed by atoms with Crippen molar-refractivity contribution in [1.82, 2.24) is 5.32 Å². The van der Waals surface area contributed by atoms with Gasteiger partial charge < -0.3 is 0 Å². The first kappa shape index (κ1) is 17.9. The smallest absolute Gasteiger partial charge is 0.273 e. The average molecular weight is 369 g/mol. The SMILES string of the molecule is Cc1cc(C)c(N2C(=O)NC(=O)C(=Cc3ccccc3Cl)C2=O)c(C)c1. The van der Waals surface area contributed by atoms with E-state index in [0.717, 1.165) is 21.6 Å². The molecule has 5 nitrogen and oxygen atoms in total. The number of aryl methyl sites for hydroxylation is 3. The number of carbonyl (C=O) groups is 3. The number of amides is 4. The van der Waals surface area contributed by atoms with Gasteiger partial charge in [0.05, 0.1) is 5.69 Å². The second-order valence-corrected chi connectivity index (χ2v) is 6.63. The molecule has 0 bridgehead atoms. The van der Waals surface area contributed by atoms with Crippen molar-refractivity contribution >= 4 is 41.2 Å². The molecule has 6 heteroatoms. The summed E-state index contributed by atoms with van der Waals surface area (Å²) in [5.74, 6) is -1.41. The number of halogens is 1. The number of benzene rings is 2. The Balaban J connectivity index is 2.12. The van der Waals surface area contributed by atoms with Gasteiger partial charge in [0, 0.05) is 5.02 Å². The van der Waals surface area contributed by atoms with Gasteiger partial charge in [-0.3, -0.25) is 14.9 Å². The topological polar surface area (TPSA) is 66.5 Å². The van der Waals surface area contributed by atoms with Crippen LogP contribution < -0.4 is 10.2 Å². The molecule has 1 fully saturated rings. The van der Waals surface area contributed by atoms with Crippen LogP contribution in [0.4, 0.5) is 10.5 Å². The van der Waals surface area contributed by atoms with E-state index in [1.54, 1.807) is 24.3 Å². The van der Waals surface area contributed by atoms with Crippen molar-refractivity contribution in [3.05, 3.63) is 69.2 Å². The van der Waals surface area contributed by atoms with Crippen molar-refractivity contribution in [2.24, 2.45) is 0 Å². The molecule has 0 atom stereocenters. The number of hydrogen-bond acceptors (Lipinski definition) is 3. The second kappa shape index (κ2) is 6.77. The van der Waals surface area contributed by atoms with Crippen LogP contribution in [0, 0.1) is 20.8 Å². The first-order chi connectivity index (χ1) is 12.3. The lowest BCUT2D eigenvalue weighted by Crippen LogP contribution is -2.54. The summed E-state index contributed by atoms with van der Waals surface area (Å²) in [5.41, 5.74) is 3.44. The van der Waals surface area contributed by atoms with Gasteiger partial charge in [0.2, 0.25) is 0 Å². The van der Waals surface area contributed by atoms with Gasteiger partial charge >= 0.3 is 6.03 Å². The second-order valence-electron chi connectivity index (χ2n) is 6.23. The van der Waals surface area contributed by atoms with E-state index in [4.69, 9.17) is 11.6 Å². The minimum atomic E-state index is -0.758. The van der Waals surface area contributed by atoms with E-state index < -0.39 is 17.8 Å². The minimum absolute atomic E-state index is 0.142. The molecule has 2 aromatic carbocycles. The van der Waals surface area contributed by atoms with Gasteiger partial charge in [0.25, 0.3) is 11.8 Å². The van der Waals surface area contributed by atoms with Crippen molar-refractivity contribution < 1.29 is 14.4 Å². The molecule has 4 amide bonds. The highest BCUT2D eigenvalue weighted by Gasteiger charge is 2.38. The molecular formula is C20H17ClN2O3. The van der Waals surface area contributed by atoms with Crippen LogP contribution in [0.15, 0.2) is 42.0 Å². The summed E-state index contributed by atoms with van der Waals surface area (Å²) in [6.45, 7) is 5.59. The summed E-state index contributed by atoms with van der Waals surface area (Å²) in [5, 5.41) is 2.64. The lowest BCUT2D eigenvalue weighted by atomic mass is 10.0. The molecule has 1 aliphatic heterocycles. The maximum atomic E-state index is 13.0. The number of imide groups is 2. The Labute approximate surface area is 156 Å². The summed E-state index contributed by atoms with van der Waals surface area (Å²) in [6.07, 6.45) is 1.40. The van der Waals surface area contributed by atoms with Crippen molar-refractivity contribution in [3.63, 3.8) is 0 Å². The zero-order valence-corrected chi connectivity index (χ0v) is 15.3. The van der Waals surface area contributed by atoms with Crippen LogP contribution in [0.2, 0.25) is 5.02 Å². The van der Waals surface area contributed by atoms with E-state index in [0.29, 0.717) is 16.3 Å². The minimum Gasteiger partial charge on any atom is -0.273 e. The fourth-order valence-corrected chi connectivity index (χ4v) is 3.32. The highest BCUT2D eigenvalue weighted by atomic mass is 35.5. The van der Waals surface area contributed by atoms with Crippen molar-refractivity contribution in [1.29, 1.82) is 0 Å². The van der Waals surface area contributed by atoms with Crippen molar-refractivity contribution in [3.8, 4) is 0 Å². The third kappa shape index (κ3) is 3.13. The van der Waals surface area contributed by atoms with Gasteiger partial charge in [-0.05, 0) is 49.6 Å². The Morgan fingerprint density at radius 1 is 1.00 bits per heavy atom. The lowest BCUT2D eigenvalue weighted by molar-refractivity contribution is -0.122. The molecule has 132 valence electrons. The largest absolute Gasteiger partial charge is 0.335 e. The summed E-state index contributed by atoms with van der Waals surface area (Å²) < 4.78 is 0. The third-order valence-corrected chi connectivity index (χ3v) is 4.51. The number of carbonyl (C=O) groups excluding carboxylic acids is 3. The average Bonchev–Trinajstić information content (AvgIpc) is 2.55. The monoisotopic (exact) mass is 368 g/mol. The number of anilines is 1. The molecule has 0 spiro atoms. The lowest BCUT2D eigenvalue weighted by Gasteiger charge is -2.29. The van der Waals surface area contributed by atoms with Gasteiger partial charge in [-0.2, -0.15) is 0 Å². The fraction of sp³-hybridized carbons (Fsp3) is 0.150. The predicted molar refractivity (Wildman–Crippen MR) is 101 cm³/mol. The maximum absolute atomic E-state index is 13.0. The Morgan fingerprint density at radius 2 is 1.62 bits per heavy atom. The summed E-state index contributed by atoms with van der Waals surface area (Å²) >= 11 is 6.12. The standard InChI is InChI=1S/C20H17ClN2O3/c1-11-8-12(2)17(13(3)9-11)23-19(25)15(18(24)22-20(23)26)10-14-6-4-5-7-16(14)21/h4-10H,1-3H3,(H,22,24,26). The van der Waals surface area contributed by atoms with Gasteiger partial charge in [0.1, 0.15) is 5.57 Å². The number of barbiturate groups is 1. The Morgan fingerprint density at radius 3 is 2.23 bits per heavy atom. The van der Waals surface area contributed by atoms with Crippen LogP contribution >= 0.6 is 11.6 Å². The van der Waals surface area contributed by atoms with Gasteiger partial charge in [-0.1, -0.05) is 47.5 Å². The highest BCUT2D eigenvalue weighted by molar-refractivity contribution is 6.40. The number of hydrogen-bond donors (Lipinski definition) is 1. The molecule has 0 aromatic heterocycles. The molecule has 0 unspecified atom stereocenters. The van der Waals surface area contributed by atoms with Gasteiger partial charge in [-0.25, -0.2) is 9.69 Å². The fourth-order valence-electron chi connectivity index (χ4n) is 3.13. The van der Waals surface area contributed by atoms with E-state index in [9.17, 15) is 14.4 Å². The zero-order valence-electron chi connectivity index (χ0n) is 14.6. The molecule has 1 N–H and O–H groups in total. The predicted octanol–water partition coefficient (Wildman–Crippen LogP) is 3.93. The molecule has 1 saturated heterocycles. The maximum Gasteiger partial charge on any atom is 0.335 e. The van der Waals surface area contributed by atoms with E-state index >= 15 is 0 Å². The third-order valence-electron chi connectivity index (χ3n) is 4.17. The van der Waals surface area contributed by atoms with Gasteiger partial charge in [-0.15, -0.1) is 0 Å². The summed E-state index contributed by atoms with van der Waals surface area (Å²) in [6, 6.07) is 9.87. The molecule has 26 heavy (non-hydrogen) atoms. The number of nitrogens with one attached hydrogen (secondary N) is 1. The Hall–Kier alpha value is -2.92. The van der Waals surface area contributed by atoms with Crippen molar-refractivity contribution in [2.75, 3.05) is 4.90 Å². The normalized spacial score (nSPS) is 16.2. The molecule has 1 heterocycles. The van der Waals surface area contributed by atoms with Crippen LogP contribution in [0.3, 0.4) is 0 Å². The Kier molecular flexibility index (Phi) is 4.66. The Bertz CT molecular complexity index is 956. The van der Waals surface area contributed by atoms with Crippen LogP contribution in [-0.4, -0.2) is 17.8 Å². The molecule has 2 aromatic rings. The van der Waals surface area contributed by atoms with Crippen LogP contribution in [-0.2, 0) is 9.59 Å². The first-order valence-corrected chi connectivity index (χ1v) is 8.41. The summed E-state index contributed by atoms with van der Waals surface area (Å²) in [7, 11) is 0. The molecular weight excluding hydrogens is 352 g/mol. The summed E-state index contributed by atoms with van der Waals surface area (Å²) in [4.78, 5) is 38.6. The molecule has 3 rings (SSSR count). The van der Waals surface area contributed by atoms with E-state index in [-0.39, 0.29) is 5.57 Å². The number of rotatable bonds is 2. The molecule has 1 aliphatic rings.